The summed E-state index contributed by atoms with van der Waals surface area (Å²) in [6.45, 7) is 4.54. The second kappa shape index (κ2) is 11.9. The van der Waals surface area contributed by atoms with Crippen molar-refractivity contribution in [1.82, 2.24) is 0 Å². The summed E-state index contributed by atoms with van der Waals surface area (Å²) in [6, 6.07) is 20.8. The largest absolute Gasteiger partial charge is 0.0917 e. The van der Waals surface area contributed by atoms with Gasteiger partial charge < -0.3 is 0 Å². The van der Waals surface area contributed by atoms with Crippen molar-refractivity contribution in [2.75, 3.05) is 0 Å². The molecule has 0 aliphatic heterocycles. The molecule has 0 amide bonds. The van der Waals surface area contributed by atoms with E-state index in [1.165, 1.54) is 75.3 Å². The molecule has 2 aliphatic carbocycles. The molecule has 0 nitrogen and oxygen atoms in total. The van der Waals surface area contributed by atoms with Gasteiger partial charge in [0.2, 0.25) is 0 Å². The van der Waals surface area contributed by atoms with E-state index in [4.69, 9.17) is 0 Å². The highest BCUT2D eigenvalue weighted by molar-refractivity contribution is 5.26. The van der Waals surface area contributed by atoms with Crippen LogP contribution in [0.15, 0.2) is 66.7 Å². The van der Waals surface area contributed by atoms with E-state index in [1.807, 2.05) is 0 Å². The predicted octanol–water partition coefficient (Wildman–Crippen LogP) is 9.47. The third-order valence-corrected chi connectivity index (χ3v) is 8.67. The summed E-state index contributed by atoms with van der Waals surface area (Å²) in [4.78, 5) is 0. The minimum atomic E-state index is 0.711. The van der Waals surface area contributed by atoms with Crippen LogP contribution in [0.3, 0.4) is 0 Å². The second-order valence-electron chi connectivity index (χ2n) is 10.8. The predicted molar refractivity (Wildman–Crippen MR) is 139 cm³/mol. The Morgan fingerprint density at radius 3 is 2.03 bits per heavy atom. The molecule has 0 aromatic heterocycles. The third-order valence-electron chi connectivity index (χ3n) is 8.67. The van der Waals surface area contributed by atoms with E-state index in [0.717, 1.165) is 30.1 Å². The second-order valence-corrected chi connectivity index (χ2v) is 10.8. The Labute approximate surface area is 197 Å². The molecule has 2 aromatic carbocycles. The number of hydrogen-bond donors (Lipinski definition) is 0. The van der Waals surface area contributed by atoms with Crippen molar-refractivity contribution in [3.8, 4) is 0 Å². The van der Waals surface area contributed by atoms with Gasteiger partial charge in [-0.2, -0.15) is 0 Å². The Kier molecular flexibility index (Phi) is 8.66. The van der Waals surface area contributed by atoms with Gasteiger partial charge in [0, 0.05) is 0 Å². The summed E-state index contributed by atoms with van der Waals surface area (Å²) in [5.41, 5.74) is 4.61. The van der Waals surface area contributed by atoms with Gasteiger partial charge in [0.05, 0.1) is 0 Å². The normalized spacial score (nSPS) is 27.4. The lowest BCUT2D eigenvalue weighted by atomic mass is 9.67. The molecular formula is C32H44. The molecule has 2 aliphatic rings. The highest BCUT2D eigenvalue weighted by Crippen LogP contribution is 2.45. The average molecular weight is 429 g/mol. The molecule has 2 fully saturated rings. The van der Waals surface area contributed by atoms with Gasteiger partial charge in [-0.3, -0.25) is 0 Å². The van der Waals surface area contributed by atoms with Gasteiger partial charge in [-0.05, 0) is 111 Å². The van der Waals surface area contributed by atoms with E-state index in [0.29, 0.717) is 5.92 Å². The lowest BCUT2D eigenvalue weighted by Gasteiger charge is -2.38. The Morgan fingerprint density at radius 2 is 1.41 bits per heavy atom. The zero-order valence-corrected chi connectivity index (χ0v) is 20.5. The van der Waals surface area contributed by atoms with Gasteiger partial charge in [0.1, 0.15) is 0 Å². The number of benzene rings is 2. The smallest absolute Gasteiger partial charge is 0.0162 e. The lowest BCUT2D eigenvalue weighted by molar-refractivity contribution is 0.154. The summed E-state index contributed by atoms with van der Waals surface area (Å²) in [7, 11) is 0. The molecule has 0 bridgehead atoms. The van der Waals surface area contributed by atoms with E-state index < -0.39 is 0 Å². The molecule has 4 rings (SSSR count). The van der Waals surface area contributed by atoms with Crippen LogP contribution in [-0.4, -0.2) is 0 Å². The fourth-order valence-corrected chi connectivity index (χ4v) is 6.61. The van der Waals surface area contributed by atoms with Gasteiger partial charge in [-0.1, -0.05) is 86.5 Å². The third kappa shape index (κ3) is 6.37. The van der Waals surface area contributed by atoms with Crippen molar-refractivity contribution in [1.29, 1.82) is 0 Å². The quantitative estimate of drug-likeness (QED) is 0.367. The standard InChI is InChI=1S/C32H44/c1-3-4-6-9-26-12-16-29(17-13-26)31-20-22-32(23-21-31)30-18-14-27(15-19-30)24-25(2)28-10-7-5-8-11-28/h3-5,7-8,10-13,16-17,25,27,30-32H,6,9,14-15,18-24H2,1-2H3/t25-,27?,30?,31?,32?/m1/s1. The zero-order chi connectivity index (χ0) is 22.2. The number of allylic oxidation sites excluding steroid dienone is 2. The monoisotopic (exact) mass is 428 g/mol. The molecule has 172 valence electrons. The van der Waals surface area contributed by atoms with Crippen LogP contribution in [0.1, 0.15) is 107 Å². The Bertz CT molecular complexity index is 799. The van der Waals surface area contributed by atoms with Crippen LogP contribution in [-0.2, 0) is 6.42 Å². The van der Waals surface area contributed by atoms with E-state index in [-0.39, 0.29) is 0 Å². The summed E-state index contributed by atoms with van der Waals surface area (Å²) in [5, 5.41) is 0. The van der Waals surface area contributed by atoms with Crippen LogP contribution in [0.25, 0.3) is 0 Å². The minimum Gasteiger partial charge on any atom is -0.0917 e. The highest BCUT2D eigenvalue weighted by atomic mass is 14.4. The molecule has 32 heavy (non-hydrogen) atoms. The molecular weight excluding hydrogens is 384 g/mol. The van der Waals surface area contributed by atoms with Crippen LogP contribution in [0.2, 0.25) is 0 Å². The van der Waals surface area contributed by atoms with Crippen molar-refractivity contribution in [2.45, 2.75) is 96.3 Å². The van der Waals surface area contributed by atoms with Crippen molar-refractivity contribution in [2.24, 2.45) is 17.8 Å². The Balaban J connectivity index is 1.19. The molecule has 0 heteroatoms. The molecule has 0 radical (unpaired) electrons. The molecule has 0 saturated heterocycles. The highest BCUT2D eigenvalue weighted by Gasteiger charge is 2.31. The first-order chi connectivity index (χ1) is 15.7. The van der Waals surface area contributed by atoms with E-state index >= 15 is 0 Å². The molecule has 0 unspecified atom stereocenters. The zero-order valence-electron chi connectivity index (χ0n) is 20.5. The van der Waals surface area contributed by atoms with Gasteiger partial charge >= 0.3 is 0 Å². The van der Waals surface area contributed by atoms with Crippen molar-refractivity contribution in [3.05, 3.63) is 83.4 Å². The topological polar surface area (TPSA) is 0 Å². The fourth-order valence-electron chi connectivity index (χ4n) is 6.61. The van der Waals surface area contributed by atoms with Crippen molar-refractivity contribution < 1.29 is 0 Å². The average Bonchev–Trinajstić information content (AvgIpc) is 2.86. The van der Waals surface area contributed by atoms with Gasteiger partial charge in [0.15, 0.2) is 0 Å². The van der Waals surface area contributed by atoms with Crippen LogP contribution in [0.5, 0.6) is 0 Å². The van der Waals surface area contributed by atoms with Crippen LogP contribution in [0.4, 0.5) is 0 Å². The molecule has 0 spiro atoms. The van der Waals surface area contributed by atoms with Crippen molar-refractivity contribution >= 4 is 0 Å². The molecule has 0 heterocycles. The summed E-state index contributed by atoms with van der Waals surface area (Å²) >= 11 is 0. The van der Waals surface area contributed by atoms with Gasteiger partial charge in [-0.15, -0.1) is 0 Å². The maximum atomic E-state index is 2.43. The first-order valence-electron chi connectivity index (χ1n) is 13.5. The van der Waals surface area contributed by atoms with E-state index in [2.05, 4.69) is 80.6 Å². The summed E-state index contributed by atoms with van der Waals surface area (Å²) < 4.78 is 0. The fraction of sp³-hybridized carbons (Fsp3) is 0.562. The molecule has 2 saturated carbocycles. The first kappa shape index (κ1) is 23.3. The minimum absolute atomic E-state index is 0.711. The van der Waals surface area contributed by atoms with E-state index in [1.54, 1.807) is 5.56 Å². The first-order valence-corrected chi connectivity index (χ1v) is 13.5. The lowest BCUT2D eigenvalue weighted by Crippen LogP contribution is -2.25. The molecule has 1 atom stereocenters. The SMILES string of the molecule is CC=CCCc1ccc(C2CCC(C3CCC(C[C@@H](C)c4ccccc4)CC3)CC2)cc1. The maximum absolute atomic E-state index is 2.43. The summed E-state index contributed by atoms with van der Waals surface area (Å²) in [6.07, 6.45) is 19.8. The molecule has 2 aromatic rings. The van der Waals surface area contributed by atoms with Gasteiger partial charge in [0.25, 0.3) is 0 Å². The Hall–Kier alpha value is -1.82. The molecule has 0 N–H and O–H groups in total. The Morgan fingerprint density at radius 1 is 0.781 bits per heavy atom. The van der Waals surface area contributed by atoms with E-state index in [9.17, 15) is 0 Å². The van der Waals surface area contributed by atoms with Gasteiger partial charge in [-0.25, -0.2) is 0 Å². The van der Waals surface area contributed by atoms with Crippen LogP contribution >= 0.6 is 0 Å². The number of aryl methyl sites for hydroxylation is 1. The number of rotatable bonds is 8. The maximum Gasteiger partial charge on any atom is -0.0162 e. The van der Waals surface area contributed by atoms with Crippen molar-refractivity contribution in [3.63, 3.8) is 0 Å². The summed E-state index contributed by atoms with van der Waals surface area (Å²) in [5.74, 6) is 4.47. The van der Waals surface area contributed by atoms with Crippen LogP contribution in [0, 0.1) is 17.8 Å². The number of hydrogen-bond acceptors (Lipinski definition) is 0. The van der Waals surface area contributed by atoms with Crippen LogP contribution < -0.4 is 0 Å².